The van der Waals surface area contributed by atoms with Gasteiger partial charge in [-0.1, -0.05) is 0 Å². The van der Waals surface area contributed by atoms with Crippen molar-refractivity contribution in [2.75, 3.05) is 24.6 Å². The Hall–Kier alpha value is -3.17. The third-order valence-electron chi connectivity index (χ3n) is 3.36. The van der Waals surface area contributed by atoms with Crippen LogP contribution in [-0.4, -0.2) is 47.9 Å². The Balaban J connectivity index is 2.06. The second kappa shape index (κ2) is 7.38. The summed E-state index contributed by atoms with van der Waals surface area (Å²) in [5, 5.41) is 16.0. The van der Waals surface area contributed by atoms with Gasteiger partial charge < -0.3 is 15.4 Å². The van der Waals surface area contributed by atoms with Crippen molar-refractivity contribution >= 4 is 29.1 Å². The van der Waals surface area contributed by atoms with E-state index in [1.54, 1.807) is 0 Å². The number of benzene rings is 1. The van der Waals surface area contributed by atoms with Crippen LogP contribution in [0.5, 0.6) is 5.75 Å². The van der Waals surface area contributed by atoms with Crippen LogP contribution in [-0.2, 0) is 14.4 Å². The molecule has 0 aromatic heterocycles. The van der Waals surface area contributed by atoms with Crippen LogP contribution in [0.2, 0.25) is 0 Å². The van der Waals surface area contributed by atoms with Gasteiger partial charge in [0.15, 0.2) is 6.61 Å². The van der Waals surface area contributed by atoms with Crippen LogP contribution in [0, 0.1) is 10.1 Å². The Kier molecular flexibility index (Phi) is 5.44. The summed E-state index contributed by atoms with van der Waals surface area (Å²) in [5.74, 6) is -1.17. The van der Waals surface area contributed by atoms with E-state index >= 15 is 0 Å². The van der Waals surface area contributed by atoms with Crippen LogP contribution in [0.15, 0.2) is 18.2 Å². The molecule has 140 valence electrons. The maximum atomic E-state index is 12.1. The number of fused-ring (bicyclic) bond motifs is 1. The van der Waals surface area contributed by atoms with E-state index in [1.165, 1.54) is 18.2 Å². The second-order valence-corrected chi connectivity index (χ2v) is 6.75. The summed E-state index contributed by atoms with van der Waals surface area (Å²) < 4.78 is 5.23. The quantitative estimate of drug-likeness (QED) is 0.573. The van der Waals surface area contributed by atoms with Crippen LogP contribution >= 0.6 is 0 Å². The van der Waals surface area contributed by atoms with E-state index in [-0.39, 0.29) is 42.7 Å². The number of non-ortho nitro benzene ring substituents is 1. The van der Waals surface area contributed by atoms with Crippen molar-refractivity contribution in [3.63, 3.8) is 0 Å². The Morgan fingerprint density at radius 2 is 2.00 bits per heavy atom. The number of nitro groups is 1. The van der Waals surface area contributed by atoms with Gasteiger partial charge in [-0.2, -0.15) is 0 Å². The molecule has 0 saturated carbocycles. The minimum Gasteiger partial charge on any atom is -0.482 e. The standard InChI is InChI=1S/C16H20N4O6/c1-16(2,3)18-13(21)7-17-14(22)8-19-11-6-10(20(24)25)4-5-12(11)26-9-15(19)23/h4-6H,7-9H2,1-3H3,(H,17,22)(H,18,21). The van der Waals surface area contributed by atoms with Gasteiger partial charge in [0.25, 0.3) is 11.6 Å². The smallest absolute Gasteiger partial charge is 0.271 e. The van der Waals surface area contributed by atoms with Crippen molar-refractivity contribution in [3.8, 4) is 5.75 Å². The Morgan fingerprint density at radius 1 is 1.31 bits per heavy atom. The van der Waals surface area contributed by atoms with E-state index in [9.17, 15) is 24.5 Å². The summed E-state index contributed by atoms with van der Waals surface area (Å²) in [4.78, 5) is 47.3. The number of rotatable bonds is 5. The van der Waals surface area contributed by atoms with Crippen molar-refractivity contribution in [2.45, 2.75) is 26.3 Å². The summed E-state index contributed by atoms with van der Waals surface area (Å²) in [6.07, 6.45) is 0. The predicted octanol–water partition coefficient (Wildman–Crippen LogP) is 0.351. The van der Waals surface area contributed by atoms with Crippen LogP contribution in [0.25, 0.3) is 0 Å². The van der Waals surface area contributed by atoms with Gasteiger partial charge in [0.1, 0.15) is 12.3 Å². The highest BCUT2D eigenvalue weighted by molar-refractivity contribution is 6.02. The van der Waals surface area contributed by atoms with Crippen LogP contribution in [0.3, 0.4) is 0 Å². The molecule has 0 bridgehead atoms. The lowest BCUT2D eigenvalue weighted by Gasteiger charge is -2.28. The first-order valence-corrected chi connectivity index (χ1v) is 7.86. The molecule has 10 heteroatoms. The number of hydrogen-bond acceptors (Lipinski definition) is 6. The fraction of sp³-hybridized carbons (Fsp3) is 0.438. The van der Waals surface area contributed by atoms with E-state index in [2.05, 4.69) is 10.6 Å². The molecule has 0 radical (unpaired) electrons. The SMILES string of the molecule is CC(C)(C)NC(=O)CNC(=O)CN1C(=O)COc2ccc([N+](=O)[O-])cc21. The van der Waals surface area contributed by atoms with Crippen molar-refractivity contribution in [2.24, 2.45) is 0 Å². The average Bonchev–Trinajstić information content (AvgIpc) is 2.53. The maximum absolute atomic E-state index is 12.1. The molecule has 10 nitrogen and oxygen atoms in total. The molecule has 2 N–H and O–H groups in total. The van der Waals surface area contributed by atoms with Gasteiger partial charge in [0.2, 0.25) is 11.8 Å². The van der Waals surface area contributed by atoms with E-state index < -0.39 is 22.3 Å². The lowest BCUT2D eigenvalue weighted by molar-refractivity contribution is -0.384. The molecule has 0 aliphatic carbocycles. The first-order chi connectivity index (χ1) is 12.1. The second-order valence-electron chi connectivity index (χ2n) is 6.75. The van der Waals surface area contributed by atoms with Crippen molar-refractivity contribution in [1.29, 1.82) is 0 Å². The molecular weight excluding hydrogens is 344 g/mol. The molecule has 1 heterocycles. The summed E-state index contributed by atoms with van der Waals surface area (Å²) in [6, 6.07) is 3.80. The summed E-state index contributed by atoms with van der Waals surface area (Å²) in [6.45, 7) is 4.53. The van der Waals surface area contributed by atoms with E-state index in [0.29, 0.717) is 0 Å². The first kappa shape index (κ1) is 19.2. The zero-order valence-electron chi connectivity index (χ0n) is 14.7. The highest BCUT2D eigenvalue weighted by Crippen LogP contribution is 2.35. The highest BCUT2D eigenvalue weighted by Gasteiger charge is 2.29. The van der Waals surface area contributed by atoms with Gasteiger partial charge >= 0.3 is 0 Å². The number of carbonyl (C=O) groups excluding carboxylic acids is 3. The number of amides is 3. The molecule has 1 aliphatic heterocycles. The molecule has 3 amide bonds. The molecule has 1 aromatic rings. The highest BCUT2D eigenvalue weighted by atomic mass is 16.6. The van der Waals surface area contributed by atoms with Gasteiger partial charge in [-0.15, -0.1) is 0 Å². The van der Waals surface area contributed by atoms with Gasteiger partial charge in [0, 0.05) is 17.7 Å². The van der Waals surface area contributed by atoms with E-state index in [4.69, 9.17) is 4.74 Å². The van der Waals surface area contributed by atoms with Crippen LogP contribution < -0.4 is 20.3 Å². The minimum atomic E-state index is -0.603. The van der Waals surface area contributed by atoms with E-state index in [1.807, 2.05) is 20.8 Å². The van der Waals surface area contributed by atoms with Crippen molar-refractivity contribution in [1.82, 2.24) is 10.6 Å². The van der Waals surface area contributed by atoms with Crippen LogP contribution in [0.1, 0.15) is 20.8 Å². The molecular formula is C16H20N4O6. The molecule has 0 unspecified atom stereocenters. The number of anilines is 1. The van der Waals surface area contributed by atoms with Gasteiger partial charge in [0.05, 0.1) is 17.2 Å². The number of hydrogen-bond donors (Lipinski definition) is 2. The number of nitro benzene ring substituents is 1. The van der Waals surface area contributed by atoms with Gasteiger partial charge in [-0.3, -0.25) is 29.4 Å². The molecule has 0 saturated heterocycles. The zero-order chi connectivity index (χ0) is 19.5. The summed E-state index contributed by atoms with van der Waals surface area (Å²) >= 11 is 0. The summed E-state index contributed by atoms with van der Waals surface area (Å²) in [7, 11) is 0. The first-order valence-electron chi connectivity index (χ1n) is 7.86. The Morgan fingerprint density at radius 3 is 2.62 bits per heavy atom. The molecule has 0 fully saturated rings. The zero-order valence-corrected chi connectivity index (χ0v) is 14.7. The lowest BCUT2D eigenvalue weighted by Crippen LogP contribution is -2.49. The number of carbonyl (C=O) groups is 3. The lowest BCUT2D eigenvalue weighted by atomic mass is 10.1. The van der Waals surface area contributed by atoms with E-state index in [0.717, 1.165) is 4.90 Å². The normalized spacial score (nSPS) is 13.5. The number of nitrogens with zero attached hydrogens (tertiary/aromatic N) is 2. The van der Waals surface area contributed by atoms with Crippen molar-refractivity contribution < 1.29 is 24.0 Å². The minimum absolute atomic E-state index is 0.143. The van der Waals surface area contributed by atoms with Gasteiger partial charge in [-0.25, -0.2) is 0 Å². The Bertz CT molecular complexity index is 756. The third kappa shape index (κ3) is 4.91. The monoisotopic (exact) mass is 364 g/mol. The molecule has 0 atom stereocenters. The fourth-order valence-electron chi connectivity index (χ4n) is 2.32. The maximum Gasteiger partial charge on any atom is 0.271 e. The Labute approximate surface area is 149 Å². The average molecular weight is 364 g/mol. The van der Waals surface area contributed by atoms with Crippen LogP contribution in [0.4, 0.5) is 11.4 Å². The molecule has 26 heavy (non-hydrogen) atoms. The third-order valence-corrected chi connectivity index (χ3v) is 3.36. The molecule has 2 rings (SSSR count). The molecule has 0 spiro atoms. The predicted molar refractivity (Wildman–Crippen MR) is 91.8 cm³/mol. The number of nitrogens with one attached hydrogen (secondary N) is 2. The number of ether oxygens (including phenoxy) is 1. The summed E-state index contributed by atoms with van der Waals surface area (Å²) in [5.41, 5.74) is -0.512. The largest absolute Gasteiger partial charge is 0.482 e. The molecule has 1 aliphatic rings. The fourth-order valence-corrected chi connectivity index (χ4v) is 2.32. The van der Waals surface area contributed by atoms with Crippen molar-refractivity contribution in [3.05, 3.63) is 28.3 Å². The topological polar surface area (TPSA) is 131 Å². The molecule has 1 aromatic carbocycles. The van der Waals surface area contributed by atoms with Gasteiger partial charge in [-0.05, 0) is 26.8 Å².